The van der Waals surface area contributed by atoms with Gasteiger partial charge in [0.1, 0.15) is 11.1 Å². The van der Waals surface area contributed by atoms with Crippen LogP contribution in [0.2, 0.25) is 0 Å². The monoisotopic (exact) mass is 414 g/mol. The zero-order chi connectivity index (χ0) is 20.2. The number of carbonyl (C=O) groups is 3. The predicted molar refractivity (Wildman–Crippen MR) is 107 cm³/mol. The quantitative estimate of drug-likeness (QED) is 0.526. The van der Waals surface area contributed by atoms with Crippen LogP contribution in [-0.2, 0) is 9.53 Å². The van der Waals surface area contributed by atoms with Gasteiger partial charge in [0.25, 0.3) is 11.8 Å². The van der Waals surface area contributed by atoms with E-state index in [-0.39, 0.29) is 23.8 Å². The van der Waals surface area contributed by atoms with Crippen molar-refractivity contribution in [1.82, 2.24) is 15.1 Å². The van der Waals surface area contributed by atoms with Crippen LogP contribution in [0.5, 0.6) is 0 Å². The number of unbranched alkanes of at least 4 members (excludes halogenated alkanes) is 2. The first-order valence-electron chi connectivity index (χ1n) is 9.83. The molecule has 1 N–H and O–H groups in total. The van der Waals surface area contributed by atoms with Gasteiger partial charge in [0.15, 0.2) is 0 Å². The van der Waals surface area contributed by atoms with Crippen molar-refractivity contribution in [2.75, 3.05) is 18.5 Å². The summed E-state index contributed by atoms with van der Waals surface area (Å²) < 4.78 is 5.57. The lowest BCUT2D eigenvalue weighted by molar-refractivity contribution is -0.116. The van der Waals surface area contributed by atoms with Crippen molar-refractivity contribution in [2.45, 2.75) is 44.6 Å². The van der Waals surface area contributed by atoms with Crippen molar-refractivity contribution in [3.8, 4) is 0 Å². The first kappa shape index (κ1) is 19.7. The molecule has 1 fully saturated rings. The van der Waals surface area contributed by atoms with Crippen LogP contribution in [0.15, 0.2) is 24.3 Å². The van der Waals surface area contributed by atoms with E-state index in [1.165, 1.54) is 16.2 Å². The Bertz CT molecular complexity index is 888. The predicted octanol–water partition coefficient (Wildman–Crippen LogP) is 3.18. The number of nitrogens with zero attached hydrogens (tertiary/aromatic N) is 3. The Morgan fingerprint density at radius 2 is 1.90 bits per heavy atom. The summed E-state index contributed by atoms with van der Waals surface area (Å²) in [7, 11) is 0. The van der Waals surface area contributed by atoms with Crippen LogP contribution in [-0.4, -0.2) is 46.0 Å². The number of hydrogen-bond acceptors (Lipinski definition) is 7. The summed E-state index contributed by atoms with van der Waals surface area (Å²) in [6.45, 7) is 1.11. The molecule has 0 saturated carbocycles. The largest absolute Gasteiger partial charge is 0.371 e. The second-order valence-electron chi connectivity index (χ2n) is 7.11. The van der Waals surface area contributed by atoms with E-state index in [2.05, 4.69) is 15.5 Å². The number of nitrogens with one attached hydrogen (secondary N) is 1. The van der Waals surface area contributed by atoms with E-state index in [0.29, 0.717) is 42.1 Å². The third kappa shape index (κ3) is 4.35. The van der Waals surface area contributed by atoms with Gasteiger partial charge < -0.3 is 10.1 Å². The zero-order valence-corrected chi connectivity index (χ0v) is 16.7. The van der Waals surface area contributed by atoms with Crippen LogP contribution < -0.4 is 5.32 Å². The average molecular weight is 414 g/mol. The lowest BCUT2D eigenvalue weighted by Crippen LogP contribution is -2.30. The SMILES string of the molecule is O=C(CCCCCN1C(=O)c2ccccc2C1=O)Nc1nnc(C2CCCO2)s1. The van der Waals surface area contributed by atoms with Gasteiger partial charge >= 0.3 is 0 Å². The Kier molecular flexibility index (Phi) is 5.96. The van der Waals surface area contributed by atoms with E-state index in [9.17, 15) is 14.4 Å². The molecule has 29 heavy (non-hydrogen) atoms. The number of benzene rings is 1. The molecule has 1 unspecified atom stereocenters. The molecule has 1 aromatic carbocycles. The molecule has 3 amide bonds. The molecule has 2 aliphatic rings. The highest BCUT2D eigenvalue weighted by atomic mass is 32.1. The fourth-order valence-electron chi connectivity index (χ4n) is 3.54. The summed E-state index contributed by atoms with van der Waals surface area (Å²) in [6.07, 6.45) is 4.41. The number of rotatable bonds is 8. The minimum absolute atomic E-state index is 0.000276. The first-order chi connectivity index (χ1) is 14.1. The number of hydrogen-bond donors (Lipinski definition) is 1. The van der Waals surface area contributed by atoms with Crippen molar-refractivity contribution in [3.63, 3.8) is 0 Å². The minimum Gasteiger partial charge on any atom is -0.371 e. The fraction of sp³-hybridized carbons (Fsp3) is 0.450. The van der Waals surface area contributed by atoms with Gasteiger partial charge in [-0.3, -0.25) is 19.3 Å². The number of anilines is 1. The number of amides is 3. The third-order valence-corrected chi connectivity index (χ3v) is 5.99. The Morgan fingerprint density at radius 1 is 1.14 bits per heavy atom. The van der Waals surface area contributed by atoms with Crippen LogP contribution in [0, 0.1) is 0 Å². The summed E-state index contributed by atoms with van der Waals surface area (Å²) in [5, 5.41) is 12.2. The molecule has 8 nitrogen and oxygen atoms in total. The maximum atomic E-state index is 12.3. The van der Waals surface area contributed by atoms with Gasteiger partial charge in [-0.2, -0.15) is 0 Å². The van der Waals surface area contributed by atoms with E-state index in [4.69, 9.17) is 4.74 Å². The summed E-state index contributed by atoms with van der Waals surface area (Å²) in [5.41, 5.74) is 0.938. The Hall–Kier alpha value is -2.65. The molecule has 1 saturated heterocycles. The second-order valence-corrected chi connectivity index (χ2v) is 8.12. The molecule has 0 bridgehead atoms. The molecule has 1 aromatic heterocycles. The first-order valence-corrected chi connectivity index (χ1v) is 10.6. The Morgan fingerprint density at radius 3 is 2.59 bits per heavy atom. The maximum absolute atomic E-state index is 12.3. The summed E-state index contributed by atoms with van der Waals surface area (Å²) in [5.74, 6) is -0.580. The van der Waals surface area contributed by atoms with Gasteiger partial charge in [-0.1, -0.05) is 29.9 Å². The van der Waals surface area contributed by atoms with Crippen molar-refractivity contribution in [1.29, 1.82) is 0 Å². The average Bonchev–Trinajstić information content (AvgIpc) is 3.45. The molecular formula is C20H22N4O4S. The Labute approximate surface area is 172 Å². The van der Waals surface area contributed by atoms with E-state index in [1.54, 1.807) is 24.3 Å². The lowest BCUT2D eigenvalue weighted by atomic mass is 10.1. The summed E-state index contributed by atoms with van der Waals surface area (Å²) >= 11 is 1.35. The van der Waals surface area contributed by atoms with Crippen LogP contribution >= 0.6 is 11.3 Å². The molecule has 152 valence electrons. The van der Waals surface area contributed by atoms with E-state index in [0.717, 1.165) is 30.9 Å². The van der Waals surface area contributed by atoms with Gasteiger partial charge in [0.05, 0.1) is 11.1 Å². The number of imide groups is 1. The molecule has 0 aliphatic carbocycles. The highest BCUT2D eigenvalue weighted by molar-refractivity contribution is 7.15. The van der Waals surface area contributed by atoms with Gasteiger partial charge in [0, 0.05) is 19.6 Å². The van der Waals surface area contributed by atoms with Crippen LogP contribution in [0.25, 0.3) is 0 Å². The van der Waals surface area contributed by atoms with E-state index < -0.39 is 0 Å². The van der Waals surface area contributed by atoms with E-state index >= 15 is 0 Å². The molecule has 2 aromatic rings. The summed E-state index contributed by atoms with van der Waals surface area (Å²) in [4.78, 5) is 38.0. The molecular weight excluding hydrogens is 392 g/mol. The van der Waals surface area contributed by atoms with Crippen LogP contribution in [0.3, 0.4) is 0 Å². The molecule has 0 spiro atoms. The lowest BCUT2D eigenvalue weighted by Gasteiger charge is -2.13. The minimum atomic E-state index is -0.235. The number of ether oxygens (including phenoxy) is 1. The number of fused-ring (bicyclic) bond motifs is 1. The number of carbonyl (C=O) groups excluding carboxylic acids is 3. The molecule has 1 atom stereocenters. The maximum Gasteiger partial charge on any atom is 0.261 e. The number of aromatic nitrogens is 2. The van der Waals surface area contributed by atoms with Crippen molar-refractivity contribution in [3.05, 3.63) is 40.4 Å². The molecule has 2 aliphatic heterocycles. The highest BCUT2D eigenvalue weighted by Crippen LogP contribution is 2.32. The van der Waals surface area contributed by atoms with Gasteiger partial charge in [-0.25, -0.2) is 0 Å². The van der Waals surface area contributed by atoms with Gasteiger partial charge in [0.2, 0.25) is 11.0 Å². The smallest absolute Gasteiger partial charge is 0.261 e. The highest BCUT2D eigenvalue weighted by Gasteiger charge is 2.34. The third-order valence-electron chi connectivity index (χ3n) is 5.06. The fourth-order valence-corrected chi connectivity index (χ4v) is 4.39. The Balaban J connectivity index is 1.16. The zero-order valence-electron chi connectivity index (χ0n) is 15.9. The molecule has 0 radical (unpaired) electrons. The van der Waals surface area contributed by atoms with Crippen molar-refractivity contribution in [2.24, 2.45) is 0 Å². The van der Waals surface area contributed by atoms with Gasteiger partial charge in [-0.15, -0.1) is 10.2 Å². The van der Waals surface area contributed by atoms with Crippen molar-refractivity contribution < 1.29 is 19.1 Å². The molecule has 4 rings (SSSR count). The van der Waals surface area contributed by atoms with Crippen LogP contribution in [0.1, 0.15) is 70.4 Å². The molecule has 3 heterocycles. The van der Waals surface area contributed by atoms with Crippen LogP contribution in [0.4, 0.5) is 5.13 Å². The summed E-state index contributed by atoms with van der Waals surface area (Å²) in [6, 6.07) is 6.87. The van der Waals surface area contributed by atoms with E-state index in [1.807, 2.05) is 0 Å². The standard InChI is InChI=1S/C20H22N4O4S/c25-16(21-20-23-22-17(29-20)15-9-6-12-28-15)10-2-1-5-11-24-18(26)13-7-3-4-8-14(13)19(24)27/h3-4,7-8,15H,1-2,5-6,9-12H2,(H,21,23,25). The van der Waals surface area contributed by atoms with Crippen molar-refractivity contribution >= 4 is 34.2 Å². The molecule has 9 heteroatoms. The topological polar surface area (TPSA) is 101 Å². The van der Waals surface area contributed by atoms with Gasteiger partial charge in [-0.05, 0) is 37.8 Å². The second kappa shape index (κ2) is 8.79. The normalized spacial score (nSPS) is 18.3.